The smallest absolute Gasteiger partial charge is 0.124 e. The third-order valence-electron chi connectivity index (χ3n) is 1.91. The van der Waals surface area contributed by atoms with Gasteiger partial charge in [-0.2, -0.15) is 0 Å². The SMILES string of the molecule is Cc1cc(-c2nccs2)c(Br)cc1Cl. The first-order chi connectivity index (χ1) is 6.68. The van der Waals surface area contributed by atoms with E-state index in [9.17, 15) is 0 Å². The third-order valence-corrected chi connectivity index (χ3v) is 3.78. The Hall–Kier alpha value is -0.380. The molecule has 1 nitrogen and oxygen atoms in total. The first-order valence-corrected chi connectivity index (χ1v) is 6.09. The van der Waals surface area contributed by atoms with Crippen LogP contribution in [0.15, 0.2) is 28.2 Å². The number of rotatable bonds is 1. The first-order valence-electron chi connectivity index (χ1n) is 4.04. The van der Waals surface area contributed by atoms with Gasteiger partial charge in [-0.25, -0.2) is 4.98 Å². The van der Waals surface area contributed by atoms with Gasteiger partial charge in [0.25, 0.3) is 0 Å². The molecule has 72 valence electrons. The van der Waals surface area contributed by atoms with Crippen molar-refractivity contribution in [2.24, 2.45) is 0 Å². The van der Waals surface area contributed by atoms with Crippen molar-refractivity contribution in [3.05, 3.63) is 38.8 Å². The molecule has 0 aliphatic heterocycles. The molecule has 0 fully saturated rings. The fourth-order valence-electron chi connectivity index (χ4n) is 1.18. The Kier molecular flexibility index (Phi) is 2.91. The normalized spacial score (nSPS) is 10.5. The second kappa shape index (κ2) is 4.01. The van der Waals surface area contributed by atoms with Gasteiger partial charge in [0, 0.05) is 26.6 Å². The molecule has 0 bridgehead atoms. The quantitative estimate of drug-likeness (QED) is 0.751. The Bertz CT molecular complexity index is 453. The van der Waals surface area contributed by atoms with Crippen LogP contribution in [0.25, 0.3) is 10.6 Å². The number of thiazole rings is 1. The van der Waals surface area contributed by atoms with E-state index >= 15 is 0 Å². The highest BCUT2D eigenvalue weighted by molar-refractivity contribution is 9.10. The van der Waals surface area contributed by atoms with Crippen molar-refractivity contribution < 1.29 is 0 Å². The maximum Gasteiger partial charge on any atom is 0.124 e. The van der Waals surface area contributed by atoms with Gasteiger partial charge in [-0.15, -0.1) is 11.3 Å². The molecule has 0 aliphatic carbocycles. The molecule has 0 N–H and O–H groups in total. The average molecular weight is 289 g/mol. The molecule has 1 heterocycles. The highest BCUT2D eigenvalue weighted by atomic mass is 79.9. The van der Waals surface area contributed by atoms with E-state index < -0.39 is 0 Å². The summed E-state index contributed by atoms with van der Waals surface area (Å²) in [5.41, 5.74) is 2.17. The molecular weight excluding hydrogens is 282 g/mol. The van der Waals surface area contributed by atoms with Gasteiger partial charge in [0.05, 0.1) is 0 Å². The summed E-state index contributed by atoms with van der Waals surface area (Å²) in [6, 6.07) is 3.96. The third kappa shape index (κ3) is 1.85. The minimum Gasteiger partial charge on any atom is -0.245 e. The Morgan fingerprint density at radius 3 is 2.86 bits per heavy atom. The molecule has 1 aromatic carbocycles. The maximum atomic E-state index is 6.00. The summed E-state index contributed by atoms with van der Waals surface area (Å²) in [6.07, 6.45) is 1.80. The summed E-state index contributed by atoms with van der Waals surface area (Å²) in [7, 11) is 0. The molecule has 0 saturated heterocycles. The number of hydrogen-bond acceptors (Lipinski definition) is 2. The summed E-state index contributed by atoms with van der Waals surface area (Å²) >= 11 is 11.1. The van der Waals surface area contributed by atoms with Crippen LogP contribution in [0.1, 0.15) is 5.56 Å². The summed E-state index contributed by atoms with van der Waals surface area (Å²) in [6.45, 7) is 1.99. The summed E-state index contributed by atoms with van der Waals surface area (Å²) in [4.78, 5) is 4.26. The van der Waals surface area contributed by atoms with E-state index in [1.807, 2.05) is 24.4 Å². The topological polar surface area (TPSA) is 12.9 Å². The van der Waals surface area contributed by atoms with E-state index in [1.54, 1.807) is 17.5 Å². The number of aryl methyl sites for hydroxylation is 1. The summed E-state index contributed by atoms with van der Waals surface area (Å²) in [5.74, 6) is 0. The molecule has 0 amide bonds. The Labute approximate surface area is 99.9 Å². The molecule has 0 radical (unpaired) electrons. The lowest BCUT2D eigenvalue weighted by Gasteiger charge is -2.04. The predicted octanol–water partition coefficient (Wildman–Crippen LogP) is 4.53. The summed E-state index contributed by atoms with van der Waals surface area (Å²) < 4.78 is 0.989. The zero-order chi connectivity index (χ0) is 10.1. The second-order valence-corrected chi connectivity index (χ2v) is 5.07. The molecule has 2 aromatic rings. The highest BCUT2D eigenvalue weighted by Crippen LogP contribution is 2.33. The molecular formula is C10H7BrClNS. The number of benzene rings is 1. The minimum absolute atomic E-state index is 0.775. The van der Waals surface area contributed by atoms with Crippen LogP contribution in [-0.4, -0.2) is 4.98 Å². The molecule has 1 aromatic heterocycles. The minimum atomic E-state index is 0.775. The molecule has 0 spiro atoms. The van der Waals surface area contributed by atoms with E-state index in [-0.39, 0.29) is 0 Å². The number of hydrogen-bond donors (Lipinski definition) is 0. The van der Waals surface area contributed by atoms with Crippen molar-refractivity contribution in [3.8, 4) is 10.6 Å². The zero-order valence-corrected chi connectivity index (χ0v) is 10.6. The number of halogens is 2. The largest absolute Gasteiger partial charge is 0.245 e. The van der Waals surface area contributed by atoms with Gasteiger partial charge in [0.15, 0.2) is 0 Å². The Morgan fingerprint density at radius 1 is 1.43 bits per heavy atom. The lowest BCUT2D eigenvalue weighted by molar-refractivity contribution is 1.38. The van der Waals surface area contributed by atoms with Crippen molar-refractivity contribution in [1.29, 1.82) is 0 Å². The van der Waals surface area contributed by atoms with E-state index in [1.165, 1.54) is 0 Å². The second-order valence-electron chi connectivity index (χ2n) is 2.92. The van der Waals surface area contributed by atoms with Crippen molar-refractivity contribution in [2.45, 2.75) is 6.92 Å². The molecule has 0 saturated carbocycles. The maximum absolute atomic E-state index is 6.00. The first kappa shape index (κ1) is 10.1. The molecule has 4 heteroatoms. The molecule has 14 heavy (non-hydrogen) atoms. The van der Waals surface area contributed by atoms with E-state index in [2.05, 4.69) is 20.9 Å². The van der Waals surface area contributed by atoms with Crippen LogP contribution in [0.3, 0.4) is 0 Å². The Morgan fingerprint density at radius 2 is 2.21 bits per heavy atom. The van der Waals surface area contributed by atoms with Crippen molar-refractivity contribution in [3.63, 3.8) is 0 Å². The number of nitrogens with zero attached hydrogens (tertiary/aromatic N) is 1. The van der Waals surface area contributed by atoms with Crippen molar-refractivity contribution in [2.75, 3.05) is 0 Å². The van der Waals surface area contributed by atoms with Crippen LogP contribution >= 0.6 is 38.9 Å². The average Bonchev–Trinajstić information content (AvgIpc) is 2.64. The van der Waals surface area contributed by atoms with E-state index in [4.69, 9.17) is 11.6 Å². The molecule has 0 aliphatic rings. The van der Waals surface area contributed by atoms with Crippen molar-refractivity contribution >= 4 is 38.9 Å². The molecule has 2 rings (SSSR count). The van der Waals surface area contributed by atoms with Gasteiger partial charge in [-0.05, 0) is 24.6 Å². The highest BCUT2D eigenvalue weighted by Gasteiger charge is 2.08. The Balaban J connectivity index is 2.60. The van der Waals surface area contributed by atoms with Crippen LogP contribution in [-0.2, 0) is 0 Å². The van der Waals surface area contributed by atoms with Gasteiger partial charge in [-0.1, -0.05) is 27.5 Å². The van der Waals surface area contributed by atoms with Crippen LogP contribution < -0.4 is 0 Å². The van der Waals surface area contributed by atoms with Gasteiger partial charge >= 0.3 is 0 Å². The lowest BCUT2D eigenvalue weighted by atomic mass is 10.1. The van der Waals surface area contributed by atoms with E-state index in [0.29, 0.717) is 0 Å². The van der Waals surface area contributed by atoms with E-state index in [0.717, 1.165) is 25.6 Å². The predicted molar refractivity (Wildman–Crippen MR) is 65.0 cm³/mol. The fourth-order valence-corrected chi connectivity index (χ4v) is 2.80. The van der Waals surface area contributed by atoms with Gasteiger partial charge < -0.3 is 0 Å². The lowest BCUT2D eigenvalue weighted by Crippen LogP contribution is -1.82. The van der Waals surface area contributed by atoms with Crippen LogP contribution in [0.4, 0.5) is 0 Å². The van der Waals surface area contributed by atoms with Crippen molar-refractivity contribution in [1.82, 2.24) is 4.98 Å². The molecule has 0 unspecified atom stereocenters. The van der Waals surface area contributed by atoms with Crippen LogP contribution in [0.5, 0.6) is 0 Å². The fraction of sp³-hybridized carbons (Fsp3) is 0.100. The molecule has 0 atom stereocenters. The standard InChI is InChI=1S/C10H7BrClNS/c1-6-4-7(8(11)5-9(6)12)10-13-2-3-14-10/h2-5H,1H3. The number of aromatic nitrogens is 1. The zero-order valence-electron chi connectivity index (χ0n) is 7.42. The summed E-state index contributed by atoms with van der Waals surface area (Å²) in [5, 5.41) is 3.75. The van der Waals surface area contributed by atoms with Gasteiger partial charge in [0.2, 0.25) is 0 Å². The van der Waals surface area contributed by atoms with Crippen LogP contribution in [0, 0.1) is 6.92 Å². The van der Waals surface area contributed by atoms with Gasteiger partial charge in [-0.3, -0.25) is 0 Å². The van der Waals surface area contributed by atoms with Gasteiger partial charge in [0.1, 0.15) is 5.01 Å². The monoisotopic (exact) mass is 287 g/mol. The van der Waals surface area contributed by atoms with Crippen LogP contribution in [0.2, 0.25) is 5.02 Å².